The Hall–Kier alpha value is -1.96. The van der Waals surface area contributed by atoms with E-state index >= 15 is 0 Å². The molecular weight excluding hydrogens is 258 g/mol. The van der Waals surface area contributed by atoms with Crippen molar-refractivity contribution < 1.29 is 5.11 Å². The molecule has 21 heavy (non-hydrogen) atoms. The van der Waals surface area contributed by atoms with E-state index in [4.69, 9.17) is 0 Å². The monoisotopic (exact) mass is 283 g/mol. The van der Waals surface area contributed by atoms with E-state index < -0.39 is 0 Å². The van der Waals surface area contributed by atoms with Gasteiger partial charge >= 0.3 is 0 Å². The molecule has 0 aromatic heterocycles. The molecule has 0 saturated heterocycles. The van der Waals surface area contributed by atoms with E-state index in [0.29, 0.717) is 17.6 Å². The number of hydrogen-bond donors (Lipinski definition) is 2. The van der Waals surface area contributed by atoms with Gasteiger partial charge in [0.25, 0.3) is 0 Å². The lowest BCUT2D eigenvalue weighted by atomic mass is 9.93. The van der Waals surface area contributed by atoms with Crippen molar-refractivity contribution in [3.63, 3.8) is 0 Å². The van der Waals surface area contributed by atoms with Crippen LogP contribution in [0.4, 0.5) is 11.4 Å². The highest BCUT2D eigenvalue weighted by atomic mass is 16.3. The Morgan fingerprint density at radius 3 is 1.71 bits per heavy atom. The SMILES string of the molecule is Cc1ccc(Nc2cc(C(C)C)c(O)c(C(C)C)c2)cc1. The highest BCUT2D eigenvalue weighted by molar-refractivity contribution is 5.64. The maximum Gasteiger partial charge on any atom is 0.122 e. The molecule has 2 N–H and O–H groups in total. The summed E-state index contributed by atoms with van der Waals surface area (Å²) in [5.74, 6) is 1.03. The largest absolute Gasteiger partial charge is 0.507 e. The van der Waals surface area contributed by atoms with Crippen molar-refractivity contribution in [3.8, 4) is 5.75 Å². The maximum atomic E-state index is 10.4. The topological polar surface area (TPSA) is 32.3 Å². The lowest BCUT2D eigenvalue weighted by molar-refractivity contribution is 0.454. The number of rotatable bonds is 4. The lowest BCUT2D eigenvalue weighted by Crippen LogP contribution is -1.99. The molecule has 2 nitrogen and oxygen atoms in total. The van der Waals surface area contributed by atoms with E-state index in [1.807, 2.05) is 12.1 Å². The normalized spacial score (nSPS) is 11.2. The van der Waals surface area contributed by atoms with Gasteiger partial charge in [0.2, 0.25) is 0 Å². The van der Waals surface area contributed by atoms with Gasteiger partial charge in [-0.2, -0.15) is 0 Å². The minimum Gasteiger partial charge on any atom is -0.507 e. The lowest BCUT2D eigenvalue weighted by Gasteiger charge is -2.18. The van der Waals surface area contributed by atoms with Crippen molar-refractivity contribution >= 4 is 11.4 Å². The highest BCUT2D eigenvalue weighted by Crippen LogP contribution is 2.37. The fourth-order valence-electron chi connectivity index (χ4n) is 2.44. The molecule has 0 aliphatic heterocycles. The highest BCUT2D eigenvalue weighted by Gasteiger charge is 2.15. The maximum absolute atomic E-state index is 10.4. The second kappa shape index (κ2) is 6.21. The van der Waals surface area contributed by atoms with E-state index in [2.05, 4.69) is 64.2 Å². The van der Waals surface area contributed by atoms with Gasteiger partial charge in [0.05, 0.1) is 0 Å². The Morgan fingerprint density at radius 2 is 1.29 bits per heavy atom. The first-order valence-electron chi connectivity index (χ1n) is 7.59. The van der Waals surface area contributed by atoms with Crippen LogP contribution in [0.1, 0.15) is 56.2 Å². The molecule has 2 aromatic carbocycles. The molecule has 0 amide bonds. The summed E-state index contributed by atoms with van der Waals surface area (Å²) in [6.45, 7) is 10.5. The number of aryl methyl sites for hydroxylation is 1. The van der Waals surface area contributed by atoms with Gasteiger partial charge < -0.3 is 10.4 Å². The fraction of sp³-hybridized carbons (Fsp3) is 0.368. The number of benzene rings is 2. The Kier molecular flexibility index (Phi) is 4.56. The Labute approximate surface area is 127 Å². The minimum absolute atomic E-state index is 0.294. The third-order valence-corrected chi connectivity index (χ3v) is 3.75. The van der Waals surface area contributed by atoms with Gasteiger partial charge in [0.15, 0.2) is 0 Å². The Balaban J connectivity index is 2.41. The number of hydrogen-bond acceptors (Lipinski definition) is 2. The molecule has 0 bridgehead atoms. The smallest absolute Gasteiger partial charge is 0.122 e. The molecule has 0 radical (unpaired) electrons. The second-order valence-corrected chi connectivity index (χ2v) is 6.30. The fourth-order valence-corrected chi connectivity index (χ4v) is 2.44. The number of anilines is 2. The number of phenols is 1. The summed E-state index contributed by atoms with van der Waals surface area (Å²) >= 11 is 0. The van der Waals surface area contributed by atoms with Crippen molar-refractivity contribution in [3.05, 3.63) is 53.1 Å². The zero-order valence-electron chi connectivity index (χ0n) is 13.6. The molecule has 0 aliphatic rings. The molecule has 0 spiro atoms. The summed E-state index contributed by atoms with van der Waals surface area (Å²) < 4.78 is 0. The van der Waals surface area contributed by atoms with Crippen LogP contribution in [0, 0.1) is 6.92 Å². The van der Waals surface area contributed by atoms with E-state index in [1.165, 1.54) is 5.56 Å². The third-order valence-electron chi connectivity index (χ3n) is 3.75. The first-order chi connectivity index (χ1) is 9.88. The molecule has 2 heteroatoms. The summed E-state index contributed by atoms with van der Waals surface area (Å²) in [4.78, 5) is 0. The van der Waals surface area contributed by atoms with Crippen molar-refractivity contribution in [2.45, 2.75) is 46.5 Å². The van der Waals surface area contributed by atoms with Crippen LogP contribution < -0.4 is 5.32 Å². The average Bonchev–Trinajstić information content (AvgIpc) is 2.42. The first kappa shape index (κ1) is 15.4. The van der Waals surface area contributed by atoms with Gasteiger partial charge in [0, 0.05) is 11.4 Å². The standard InChI is InChI=1S/C19H25NO/c1-12(2)17-10-16(11-18(13(3)4)19(17)21)20-15-8-6-14(5)7-9-15/h6-13,20-21H,1-5H3. The summed E-state index contributed by atoms with van der Waals surface area (Å²) in [6, 6.07) is 12.4. The minimum atomic E-state index is 0.294. The number of nitrogens with one attached hydrogen (secondary N) is 1. The predicted octanol–water partition coefficient (Wildman–Crippen LogP) is 5.69. The molecule has 112 valence electrons. The van der Waals surface area contributed by atoms with Crippen LogP contribution in [0.25, 0.3) is 0 Å². The van der Waals surface area contributed by atoms with Crippen molar-refractivity contribution in [1.29, 1.82) is 0 Å². The van der Waals surface area contributed by atoms with Crippen LogP contribution in [0.2, 0.25) is 0 Å². The summed E-state index contributed by atoms with van der Waals surface area (Å²) in [5, 5.41) is 13.9. The van der Waals surface area contributed by atoms with Gasteiger partial charge in [-0.25, -0.2) is 0 Å². The van der Waals surface area contributed by atoms with Crippen LogP contribution in [0.15, 0.2) is 36.4 Å². The van der Waals surface area contributed by atoms with Gasteiger partial charge in [-0.1, -0.05) is 45.4 Å². The average molecular weight is 283 g/mol. The van der Waals surface area contributed by atoms with Gasteiger partial charge in [0.1, 0.15) is 5.75 Å². The van der Waals surface area contributed by atoms with Gasteiger partial charge in [-0.3, -0.25) is 0 Å². The predicted molar refractivity (Wildman–Crippen MR) is 90.7 cm³/mol. The van der Waals surface area contributed by atoms with E-state index in [-0.39, 0.29) is 0 Å². The van der Waals surface area contributed by atoms with Crippen molar-refractivity contribution in [2.24, 2.45) is 0 Å². The molecule has 2 rings (SSSR count). The Morgan fingerprint density at radius 1 is 0.810 bits per heavy atom. The molecular formula is C19H25NO. The molecule has 0 fully saturated rings. The van der Waals surface area contributed by atoms with E-state index in [9.17, 15) is 5.11 Å². The molecule has 0 unspecified atom stereocenters. The van der Waals surface area contributed by atoms with Crippen LogP contribution in [-0.4, -0.2) is 5.11 Å². The zero-order chi connectivity index (χ0) is 15.6. The number of phenolic OH excluding ortho intramolecular Hbond substituents is 1. The molecule has 0 aliphatic carbocycles. The van der Waals surface area contributed by atoms with E-state index in [1.54, 1.807) is 0 Å². The quantitative estimate of drug-likeness (QED) is 0.706. The van der Waals surface area contributed by atoms with Crippen LogP contribution in [0.5, 0.6) is 5.75 Å². The molecule has 0 saturated carbocycles. The zero-order valence-corrected chi connectivity index (χ0v) is 13.6. The van der Waals surface area contributed by atoms with E-state index in [0.717, 1.165) is 22.5 Å². The summed E-state index contributed by atoms with van der Waals surface area (Å²) in [5.41, 5.74) is 5.34. The van der Waals surface area contributed by atoms with Crippen LogP contribution in [-0.2, 0) is 0 Å². The van der Waals surface area contributed by atoms with Crippen molar-refractivity contribution in [2.75, 3.05) is 5.32 Å². The molecule has 0 atom stereocenters. The second-order valence-electron chi connectivity index (χ2n) is 6.30. The number of aromatic hydroxyl groups is 1. The Bertz CT molecular complexity index is 583. The van der Waals surface area contributed by atoms with Gasteiger partial charge in [-0.05, 0) is 54.2 Å². The molecule has 0 heterocycles. The van der Waals surface area contributed by atoms with Crippen LogP contribution in [0.3, 0.4) is 0 Å². The summed E-state index contributed by atoms with van der Waals surface area (Å²) in [7, 11) is 0. The first-order valence-corrected chi connectivity index (χ1v) is 7.59. The van der Waals surface area contributed by atoms with Gasteiger partial charge in [-0.15, -0.1) is 0 Å². The van der Waals surface area contributed by atoms with Crippen molar-refractivity contribution in [1.82, 2.24) is 0 Å². The summed E-state index contributed by atoms with van der Waals surface area (Å²) in [6.07, 6.45) is 0. The third kappa shape index (κ3) is 3.57. The van der Waals surface area contributed by atoms with Crippen LogP contribution >= 0.6 is 0 Å². The molecule has 2 aromatic rings.